The van der Waals surface area contributed by atoms with E-state index < -0.39 is 5.54 Å². The molecule has 1 aromatic carbocycles. The number of benzene rings is 1. The number of carbonyl (C=O) groups is 1. The highest BCUT2D eigenvalue weighted by Gasteiger charge is 2.32. The minimum atomic E-state index is -1.04. The normalized spacial score (nSPS) is 12.5. The summed E-state index contributed by atoms with van der Waals surface area (Å²) in [6, 6.07) is 9.36. The first-order chi connectivity index (χ1) is 9.91. The Bertz CT molecular complexity index is 602. The van der Waals surface area contributed by atoms with Gasteiger partial charge in [0.1, 0.15) is 5.54 Å². The first kappa shape index (κ1) is 21.9. The van der Waals surface area contributed by atoms with E-state index in [1.807, 2.05) is 36.5 Å². The third kappa shape index (κ3) is 5.49. The molecule has 8 heteroatoms. The summed E-state index contributed by atoms with van der Waals surface area (Å²) < 4.78 is 2.75. The summed E-state index contributed by atoms with van der Waals surface area (Å²) in [4.78, 5) is 14.2. The monoisotopic (exact) mass is 422 g/mol. The number of rotatable bonds is 5. The molecule has 0 fully saturated rings. The van der Waals surface area contributed by atoms with Gasteiger partial charge in [-0.2, -0.15) is 5.10 Å². The van der Waals surface area contributed by atoms with Crippen molar-refractivity contribution >= 4 is 46.7 Å². The van der Waals surface area contributed by atoms with Crippen LogP contribution in [0.15, 0.2) is 47.2 Å². The Hall–Kier alpha value is -1.08. The second-order valence-corrected chi connectivity index (χ2v) is 6.12. The summed E-state index contributed by atoms with van der Waals surface area (Å²) in [5.41, 5.74) is 6.00. The molecule has 2 N–H and O–H groups in total. The van der Waals surface area contributed by atoms with Crippen molar-refractivity contribution in [3.05, 3.63) is 52.8 Å². The lowest BCUT2D eigenvalue weighted by Gasteiger charge is -2.29. The van der Waals surface area contributed by atoms with E-state index in [1.54, 1.807) is 29.7 Å². The van der Waals surface area contributed by atoms with E-state index in [2.05, 4.69) is 21.0 Å². The Morgan fingerprint density at radius 1 is 1.35 bits per heavy atom. The van der Waals surface area contributed by atoms with E-state index in [0.717, 1.165) is 10.0 Å². The van der Waals surface area contributed by atoms with Crippen LogP contribution in [0.25, 0.3) is 0 Å². The van der Waals surface area contributed by atoms with E-state index in [0.29, 0.717) is 13.1 Å². The number of likely N-dealkylation sites (N-methyl/N-ethyl adjacent to an activating group) is 1. The summed E-state index contributed by atoms with van der Waals surface area (Å²) in [6.07, 6.45) is 3.59. The average molecular weight is 424 g/mol. The van der Waals surface area contributed by atoms with Gasteiger partial charge in [0.25, 0.3) is 0 Å². The van der Waals surface area contributed by atoms with E-state index >= 15 is 0 Å². The molecule has 0 radical (unpaired) electrons. The van der Waals surface area contributed by atoms with E-state index in [1.165, 1.54) is 0 Å². The molecule has 1 heterocycles. The summed E-state index contributed by atoms with van der Waals surface area (Å²) in [5, 5.41) is 4.12. The molecule has 2 aromatic rings. The van der Waals surface area contributed by atoms with Crippen molar-refractivity contribution < 1.29 is 4.79 Å². The quantitative estimate of drug-likeness (QED) is 0.803. The summed E-state index contributed by atoms with van der Waals surface area (Å²) in [6.45, 7) is 2.94. The molecule has 1 aromatic heterocycles. The molecule has 0 saturated carbocycles. The van der Waals surface area contributed by atoms with Gasteiger partial charge < -0.3 is 10.6 Å². The molecule has 2 rings (SSSR count). The molecular weight excluding hydrogens is 403 g/mol. The number of nitrogens with zero attached hydrogens (tertiary/aromatic N) is 3. The first-order valence-corrected chi connectivity index (χ1v) is 7.48. The van der Waals surface area contributed by atoms with Crippen LogP contribution in [0.3, 0.4) is 0 Å². The van der Waals surface area contributed by atoms with Crippen molar-refractivity contribution in [2.24, 2.45) is 5.73 Å². The SMILES string of the molecule is CN(CCn1cccn1)C(=O)C(C)(N)c1ccc(Br)cc1.Cl.Cl. The number of aromatic nitrogens is 2. The summed E-state index contributed by atoms with van der Waals surface area (Å²) in [7, 11) is 1.76. The summed E-state index contributed by atoms with van der Waals surface area (Å²) >= 11 is 3.38. The Kier molecular flexibility index (Phi) is 8.84. The fourth-order valence-electron chi connectivity index (χ4n) is 2.10. The second kappa shape index (κ2) is 9.27. The van der Waals surface area contributed by atoms with Crippen molar-refractivity contribution in [2.45, 2.75) is 19.0 Å². The van der Waals surface area contributed by atoms with E-state index in [4.69, 9.17) is 5.73 Å². The van der Waals surface area contributed by atoms with Gasteiger partial charge in [-0.25, -0.2) is 0 Å². The highest BCUT2D eigenvalue weighted by Crippen LogP contribution is 2.22. The molecule has 23 heavy (non-hydrogen) atoms. The van der Waals surface area contributed by atoms with Crippen LogP contribution in [-0.4, -0.2) is 34.2 Å². The first-order valence-electron chi connectivity index (χ1n) is 6.69. The zero-order chi connectivity index (χ0) is 15.5. The smallest absolute Gasteiger partial charge is 0.246 e. The molecule has 1 unspecified atom stereocenters. The van der Waals surface area contributed by atoms with Crippen molar-refractivity contribution in [1.29, 1.82) is 0 Å². The van der Waals surface area contributed by atoms with Crippen LogP contribution in [-0.2, 0) is 16.9 Å². The Morgan fingerprint density at radius 3 is 2.48 bits per heavy atom. The van der Waals surface area contributed by atoms with Crippen LogP contribution < -0.4 is 5.73 Å². The third-order valence-corrected chi connectivity index (χ3v) is 3.99. The maximum atomic E-state index is 12.6. The fraction of sp³-hybridized carbons (Fsp3) is 0.333. The van der Waals surface area contributed by atoms with Crippen LogP contribution in [0, 0.1) is 0 Å². The van der Waals surface area contributed by atoms with Gasteiger partial charge in [0.15, 0.2) is 0 Å². The number of hydrogen-bond acceptors (Lipinski definition) is 3. The maximum absolute atomic E-state index is 12.6. The maximum Gasteiger partial charge on any atom is 0.246 e. The lowest BCUT2D eigenvalue weighted by Crippen LogP contribution is -2.50. The number of halogens is 3. The van der Waals surface area contributed by atoms with Crippen molar-refractivity contribution in [3.63, 3.8) is 0 Å². The Labute approximate surface area is 157 Å². The predicted octanol–water partition coefficient (Wildman–Crippen LogP) is 2.82. The average Bonchev–Trinajstić information content (AvgIpc) is 2.97. The number of hydrogen-bond donors (Lipinski definition) is 1. The molecule has 5 nitrogen and oxygen atoms in total. The second-order valence-electron chi connectivity index (χ2n) is 5.21. The minimum absolute atomic E-state index is 0. The molecule has 0 aliphatic heterocycles. The number of nitrogens with two attached hydrogens (primary N) is 1. The number of amides is 1. The molecular formula is C15H21BrCl2N4O. The van der Waals surface area contributed by atoms with Crippen molar-refractivity contribution in [1.82, 2.24) is 14.7 Å². The zero-order valence-electron chi connectivity index (χ0n) is 13.0. The lowest BCUT2D eigenvalue weighted by molar-refractivity contribution is -0.135. The molecule has 128 valence electrons. The van der Waals surface area contributed by atoms with Gasteiger partial charge >= 0.3 is 0 Å². The van der Waals surface area contributed by atoms with Gasteiger partial charge in [-0.05, 0) is 30.7 Å². The Morgan fingerprint density at radius 2 is 1.96 bits per heavy atom. The van der Waals surface area contributed by atoms with Crippen molar-refractivity contribution in [2.75, 3.05) is 13.6 Å². The topological polar surface area (TPSA) is 64.2 Å². The number of carbonyl (C=O) groups excluding carboxylic acids is 1. The standard InChI is InChI=1S/C15H19BrN4O.2ClH/c1-15(17,12-4-6-13(16)7-5-12)14(21)19(2)10-11-20-9-3-8-18-20;;/h3-9H,10-11,17H2,1-2H3;2*1H. The largest absolute Gasteiger partial charge is 0.342 e. The van der Waals surface area contributed by atoms with Gasteiger partial charge in [-0.15, -0.1) is 24.8 Å². The molecule has 0 aliphatic carbocycles. The molecule has 0 saturated heterocycles. The highest BCUT2D eigenvalue weighted by molar-refractivity contribution is 9.10. The molecule has 1 amide bonds. The van der Waals surface area contributed by atoms with Crippen LogP contribution in [0.2, 0.25) is 0 Å². The molecule has 1 atom stereocenters. The van der Waals surface area contributed by atoms with Gasteiger partial charge in [-0.3, -0.25) is 9.48 Å². The van der Waals surface area contributed by atoms with Crippen LogP contribution in [0.5, 0.6) is 0 Å². The minimum Gasteiger partial charge on any atom is -0.342 e. The van der Waals surface area contributed by atoms with E-state index in [9.17, 15) is 4.79 Å². The predicted molar refractivity (Wildman–Crippen MR) is 100 cm³/mol. The Balaban J connectivity index is 0.00000242. The molecule has 0 spiro atoms. The van der Waals surface area contributed by atoms with Crippen LogP contribution >= 0.6 is 40.7 Å². The fourth-order valence-corrected chi connectivity index (χ4v) is 2.37. The van der Waals surface area contributed by atoms with Gasteiger partial charge in [0.05, 0.1) is 6.54 Å². The van der Waals surface area contributed by atoms with Gasteiger partial charge in [0, 0.05) is 30.5 Å². The summed E-state index contributed by atoms with van der Waals surface area (Å²) in [5.74, 6) is -0.114. The zero-order valence-corrected chi connectivity index (χ0v) is 16.2. The van der Waals surface area contributed by atoms with Gasteiger partial charge in [0.2, 0.25) is 5.91 Å². The van der Waals surface area contributed by atoms with Crippen LogP contribution in [0.1, 0.15) is 12.5 Å². The molecule has 0 aliphatic rings. The van der Waals surface area contributed by atoms with Gasteiger partial charge in [-0.1, -0.05) is 28.1 Å². The van der Waals surface area contributed by atoms with E-state index in [-0.39, 0.29) is 30.7 Å². The highest BCUT2D eigenvalue weighted by atomic mass is 79.9. The third-order valence-electron chi connectivity index (χ3n) is 3.46. The van der Waals surface area contributed by atoms with Crippen LogP contribution in [0.4, 0.5) is 0 Å². The molecule has 0 bridgehead atoms. The lowest BCUT2D eigenvalue weighted by atomic mass is 9.92. The van der Waals surface area contributed by atoms with Crippen molar-refractivity contribution in [3.8, 4) is 0 Å².